The lowest BCUT2D eigenvalue weighted by molar-refractivity contribution is -0.141. The Bertz CT molecular complexity index is 240. The van der Waals surface area contributed by atoms with Crippen LogP contribution in [0.15, 0.2) is 0 Å². The van der Waals surface area contributed by atoms with Gasteiger partial charge < -0.3 is 20.8 Å². The van der Waals surface area contributed by atoms with Crippen LogP contribution in [0.1, 0.15) is 20.8 Å². The first kappa shape index (κ1) is 13.9. The number of hydrogen-bond donors (Lipinski definition) is 4. The summed E-state index contributed by atoms with van der Waals surface area (Å²) in [5.41, 5.74) is -0.563. The second kappa shape index (κ2) is 5.67. The fraction of sp³-hybridized carbons (Fsp3) is 0.778. The van der Waals surface area contributed by atoms with E-state index in [1.54, 1.807) is 13.8 Å². The molecule has 0 bridgehead atoms. The largest absolute Gasteiger partial charge is 0.480 e. The van der Waals surface area contributed by atoms with Crippen LogP contribution in [0.3, 0.4) is 0 Å². The average molecular weight is 218 g/mol. The number of carbonyl (C=O) groups is 2. The molecule has 0 aliphatic rings. The van der Waals surface area contributed by atoms with E-state index in [2.05, 4.69) is 10.6 Å². The molecule has 0 fully saturated rings. The lowest BCUT2D eigenvalue weighted by atomic mass is 10.1. The Balaban J connectivity index is 4.19. The average Bonchev–Trinajstić information content (AvgIpc) is 2.11. The predicted octanol–water partition coefficient (Wildman–Crippen LogP) is -1.06. The summed E-state index contributed by atoms with van der Waals surface area (Å²) in [5, 5.41) is 22.8. The van der Waals surface area contributed by atoms with Gasteiger partial charge in [0.2, 0.25) is 5.91 Å². The molecule has 4 N–H and O–H groups in total. The zero-order valence-electron chi connectivity index (χ0n) is 9.20. The Hall–Kier alpha value is -1.14. The minimum Gasteiger partial charge on any atom is -0.480 e. The van der Waals surface area contributed by atoms with Crippen molar-refractivity contribution in [1.29, 1.82) is 0 Å². The van der Waals surface area contributed by atoms with Crippen molar-refractivity contribution in [2.45, 2.75) is 32.4 Å². The molecule has 0 saturated heterocycles. The minimum atomic E-state index is -1.11. The van der Waals surface area contributed by atoms with Crippen molar-refractivity contribution in [3.8, 4) is 0 Å². The predicted molar refractivity (Wildman–Crippen MR) is 54.4 cm³/mol. The summed E-state index contributed by atoms with van der Waals surface area (Å²) in [6.45, 7) is 4.69. The molecular formula is C9H18N2O4. The molecule has 0 saturated carbocycles. The SMILES string of the molecule is CC(=O)NC(CNC(C)(C)CO)C(=O)O. The van der Waals surface area contributed by atoms with E-state index in [1.807, 2.05) is 0 Å². The molecular weight excluding hydrogens is 200 g/mol. The van der Waals surface area contributed by atoms with Crippen LogP contribution in [0.2, 0.25) is 0 Å². The third-order valence-electron chi connectivity index (χ3n) is 1.86. The van der Waals surface area contributed by atoms with Gasteiger partial charge in [0, 0.05) is 19.0 Å². The monoisotopic (exact) mass is 218 g/mol. The third-order valence-corrected chi connectivity index (χ3v) is 1.86. The Morgan fingerprint density at radius 1 is 1.40 bits per heavy atom. The molecule has 0 aromatic carbocycles. The maximum absolute atomic E-state index is 10.7. The number of aliphatic hydroxyl groups is 1. The number of amides is 1. The van der Waals surface area contributed by atoms with Crippen LogP contribution >= 0.6 is 0 Å². The first-order valence-corrected chi connectivity index (χ1v) is 4.64. The quantitative estimate of drug-likeness (QED) is 0.455. The van der Waals surface area contributed by atoms with Gasteiger partial charge in [0.25, 0.3) is 0 Å². The van der Waals surface area contributed by atoms with E-state index >= 15 is 0 Å². The van der Waals surface area contributed by atoms with Gasteiger partial charge in [-0.2, -0.15) is 0 Å². The third kappa shape index (κ3) is 6.03. The van der Waals surface area contributed by atoms with Gasteiger partial charge in [0.05, 0.1) is 6.61 Å². The molecule has 0 rings (SSSR count). The van der Waals surface area contributed by atoms with Gasteiger partial charge in [0.1, 0.15) is 6.04 Å². The molecule has 0 aromatic heterocycles. The normalized spacial score (nSPS) is 13.3. The summed E-state index contributed by atoms with van der Waals surface area (Å²) in [6.07, 6.45) is 0. The second-order valence-corrected chi connectivity index (χ2v) is 4.01. The van der Waals surface area contributed by atoms with Crippen LogP contribution in [0.4, 0.5) is 0 Å². The molecule has 0 radical (unpaired) electrons. The molecule has 88 valence electrons. The minimum absolute atomic E-state index is 0.0719. The van der Waals surface area contributed by atoms with Crippen LogP contribution in [0.25, 0.3) is 0 Å². The molecule has 1 unspecified atom stereocenters. The molecule has 6 nitrogen and oxygen atoms in total. The first-order valence-electron chi connectivity index (χ1n) is 4.64. The number of aliphatic hydroxyl groups excluding tert-OH is 1. The molecule has 0 heterocycles. The van der Waals surface area contributed by atoms with E-state index in [-0.39, 0.29) is 13.2 Å². The smallest absolute Gasteiger partial charge is 0.327 e. The van der Waals surface area contributed by atoms with Crippen LogP contribution in [0.5, 0.6) is 0 Å². The molecule has 1 amide bonds. The van der Waals surface area contributed by atoms with Crippen molar-refractivity contribution >= 4 is 11.9 Å². The van der Waals surface area contributed by atoms with Crippen molar-refractivity contribution in [1.82, 2.24) is 10.6 Å². The zero-order chi connectivity index (χ0) is 12.1. The summed E-state index contributed by atoms with van der Waals surface area (Å²) >= 11 is 0. The highest BCUT2D eigenvalue weighted by Crippen LogP contribution is 1.99. The number of carbonyl (C=O) groups excluding carboxylic acids is 1. The molecule has 0 spiro atoms. The summed E-state index contributed by atoms with van der Waals surface area (Å²) in [6, 6.07) is -0.978. The van der Waals surface area contributed by atoms with Crippen LogP contribution < -0.4 is 10.6 Å². The fourth-order valence-corrected chi connectivity index (χ4v) is 0.880. The highest BCUT2D eigenvalue weighted by molar-refractivity contribution is 5.82. The van der Waals surface area contributed by atoms with Crippen molar-refractivity contribution in [3.63, 3.8) is 0 Å². The van der Waals surface area contributed by atoms with Crippen LogP contribution in [-0.2, 0) is 9.59 Å². The Labute approximate surface area is 88.7 Å². The topological polar surface area (TPSA) is 98.7 Å². The van der Waals surface area contributed by atoms with E-state index in [4.69, 9.17) is 10.2 Å². The lowest BCUT2D eigenvalue weighted by Gasteiger charge is -2.25. The van der Waals surface area contributed by atoms with Crippen molar-refractivity contribution in [3.05, 3.63) is 0 Å². The molecule has 0 aromatic rings. The van der Waals surface area contributed by atoms with Gasteiger partial charge in [0.15, 0.2) is 0 Å². The maximum Gasteiger partial charge on any atom is 0.327 e. The van der Waals surface area contributed by atoms with Gasteiger partial charge >= 0.3 is 5.97 Å². The summed E-state index contributed by atoms with van der Waals surface area (Å²) < 4.78 is 0. The van der Waals surface area contributed by atoms with Crippen LogP contribution in [-0.4, -0.2) is 46.8 Å². The number of hydrogen-bond acceptors (Lipinski definition) is 4. The van der Waals surface area contributed by atoms with E-state index < -0.39 is 23.5 Å². The first-order chi connectivity index (χ1) is 6.78. The molecule has 0 aliphatic heterocycles. The maximum atomic E-state index is 10.7. The number of aliphatic carboxylic acids is 1. The zero-order valence-corrected chi connectivity index (χ0v) is 9.20. The Kier molecular flexibility index (Phi) is 5.24. The van der Waals surface area contributed by atoms with E-state index in [0.717, 1.165) is 0 Å². The molecule has 6 heteroatoms. The number of rotatable bonds is 6. The van der Waals surface area contributed by atoms with Crippen LogP contribution in [0, 0.1) is 0 Å². The van der Waals surface area contributed by atoms with E-state index in [1.165, 1.54) is 6.92 Å². The standard InChI is InChI=1S/C9H18N2O4/c1-6(13)11-7(8(14)15)4-10-9(2,3)5-12/h7,10,12H,4-5H2,1-3H3,(H,11,13)(H,14,15). The second-order valence-electron chi connectivity index (χ2n) is 4.01. The number of nitrogens with one attached hydrogen (secondary N) is 2. The van der Waals surface area contributed by atoms with E-state index in [0.29, 0.717) is 0 Å². The fourth-order valence-electron chi connectivity index (χ4n) is 0.880. The highest BCUT2D eigenvalue weighted by atomic mass is 16.4. The molecule has 0 aliphatic carbocycles. The Morgan fingerprint density at radius 2 is 1.93 bits per heavy atom. The van der Waals surface area contributed by atoms with Gasteiger partial charge in [-0.3, -0.25) is 4.79 Å². The molecule has 15 heavy (non-hydrogen) atoms. The number of carboxylic acids is 1. The van der Waals surface area contributed by atoms with Gasteiger partial charge in [-0.05, 0) is 13.8 Å². The summed E-state index contributed by atoms with van der Waals surface area (Å²) in [7, 11) is 0. The van der Waals surface area contributed by atoms with Gasteiger partial charge in [-0.25, -0.2) is 4.79 Å². The van der Waals surface area contributed by atoms with Gasteiger partial charge in [-0.1, -0.05) is 0 Å². The highest BCUT2D eigenvalue weighted by Gasteiger charge is 2.22. The molecule has 1 atom stereocenters. The van der Waals surface area contributed by atoms with Gasteiger partial charge in [-0.15, -0.1) is 0 Å². The van der Waals surface area contributed by atoms with Crippen molar-refractivity contribution in [2.75, 3.05) is 13.2 Å². The Morgan fingerprint density at radius 3 is 2.27 bits per heavy atom. The van der Waals surface area contributed by atoms with Crippen molar-refractivity contribution in [2.24, 2.45) is 0 Å². The lowest BCUT2D eigenvalue weighted by Crippen LogP contribution is -2.52. The van der Waals surface area contributed by atoms with Crippen molar-refractivity contribution < 1.29 is 19.8 Å². The number of carboxylic acid groups (broad SMARTS) is 1. The van der Waals surface area contributed by atoms with E-state index in [9.17, 15) is 9.59 Å². The summed E-state index contributed by atoms with van der Waals surface area (Å²) in [4.78, 5) is 21.4. The summed E-state index contributed by atoms with van der Waals surface area (Å²) in [5.74, 6) is -1.50.